The van der Waals surface area contributed by atoms with E-state index in [1.54, 1.807) is 6.20 Å². The molecule has 6 nitrogen and oxygen atoms in total. The Kier molecular flexibility index (Phi) is 5.36. The number of hydrogen-bond acceptors (Lipinski definition) is 3. The molecule has 1 saturated carbocycles. The zero-order chi connectivity index (χ0) is 17.7. The summed E-state index contributed by atoms with van der Waals surface area (Å²) in [5.74, 6) is 2.68. The van der Waals surface area contributed by atoms with Crippen LogP contribution in [0, 0.1) is 12.3 Å². The summed E-state index contributed by atoms with van der Waals surface area (Å²) in [5.41, 5.74) is 1.60. The lowest BCUT2D eigenvalue weighted by Gasteiger charge is -2.41. The van der Waals surface area contributed by atoms with Crippen molar-refractivity contribution in [3.63, 3.8) is 0 Å². The van der Waals surface area contributed by atoms with E-state index in [4.69, 9.17) is 0 Å². The molecule has 25 heavy (non-hydrogen) atoms. The van der Waals surface area contributed by atoms with Crippen molar-refractivity contribution >= 4 is 5.96 Å². The zero-order valence-corrected chi connectivity index (χ0v) is 15.4. The molecule has 2 heterocycles. The van der Waals surface area contributed by atoms with Crippen molar-refractivity contribution in [2.75, 3.05) is 13.6 Å². The van der Waals surface area contributed by atoms with E-state index in [0.717, 1.165) is 29.7 Å². The lowest BCUT2D eigenvalue weighted by molar-refractivity contribution is 0.131. The lowest BCUT2D eigenvalue weighted by atomic mass is 9.67. The highest BCUT2D eigenvalue weighted by Gasteiger charge is 2.34. The van der Waals surface area contributed by atoms with Gasteiger partial charge in [0.2, 0.25) is 0 Å². The minimum atomic E-state index is 0.476. The van der Waals surface area contributed by atoms with E-state index in [-0.39, 0.29) is 0 Å². The molecule has 0 saturated heterocycles. The summed E-state index contributed by atoms with van der Waals surface area (Å²) in [7, 11) is 1.82. The number of rotatable bonds is 6. The molecule has 3 rings (SSSR count). The minimum Gasteiger partial charge on any atom is -0.356 e. The smallest absolute Gasteiger partial charge is 0.191 e. The van der Waals surface area contributed by atoms with Gasteiger partial charge < -0.3 is 10.6 Å². The Bertz CT molecular complexity index is 706. The van der Waals surface area contributed by atoms with Gasteiger partial charge in [0.15, 0.2) is 5.96 Å². The van der Waals surface area contributed by atoms with Crippen LogP contribution in [-0.2, 0) is 6.54 Å². The Hall–Kier alpha value is -2.37. The normalized spacial score (nSPS) is 16.4. The van der Waals surface area contributed by atoms with Crippen molar-refractivity contribution in [3.05, 3.63) is 42.1 Å². The van der Waals surface area contributed by atoms with Gasteiger partial charge in [-0.05, 0) is 43.2 Å². The molecule has 1 aliphatic rings. The number of guanidine groups is 1. The zero-order valence-electron chi connectivity index (χ0n) is 15.4. The summed E-state index contributed by atoms with van der Waals surface area (Å²) in [6, 6.07) is 4.10. The van der Waals surface area contributed by atoms with Crippen LogP contribution in [0.25, 0.3) is 5.82 Å². The predicted octanol–water partition coefficient (Wildman–Crippen LogP) is 2.82. The van der Waals surface area contributed by atoms with Gasteiger partial charge in [0.25, 0.3) is 0 Å². The summed E-state index contributed by atoms with van der Waals surface area (Å²) in [4.78, 5) is 13.1. The van der Waals surface area contributed by atoms with Crippen LogP contribution in [0.3, 0.4) is 0 Å². The summed E-state index contributed by atoms with van der Waals surface area (Å²) in [6.07, 6.45) is 10.8. The maximum Gasteiger partial charge on any atom is 0.191 e. The predicted molar refractivity (Wildman–Crippen MR) is 101 cm³/mol. The van der Waals surface area contributed by atoms with Crippen LogP contribution in [0.15, 0.2) is 35.7 Å². The molecule has 0 radical (unpaired) electrons. The van der Waals surface area contributed by atoms with Crippen LogP contribution in [0.5, 0.6) is 0 Å². The van der Waals surface area contributed by atoms with Gasteiger partial charge in [0.05, 0.1) is 0 Å². The molecule has 2 aromatic heterocycles. The third-order valence-electron chi connectivity index (χ3n) is 5.36. The molecule has 6 heteroatoms. The minimum absolute atomic E-state index is 0.476. The molecular weight excluding hydrogens is 312 g/mol. The van der Waals surface area contributed by atoms with E-state index in [1.807, 2.05) is 37.0 Å². The Morgan fingerprint density at radius 2 is 2.12 bits per heavy atom. The molecule has 1 aliphatic carbocycles. The SMILES string of the molecule is CCC1(CNC(=NC)NCc2ccc(-n3ccnc3C)nc2)CCC1. The van der Waals surface area contributed by atoms with E-state index in [0.29, 0.717) is 12.0 Å². The second-order valence-corrected chi connectivity index (χ2v) is 6.86. The van der Waals surface area contributed by atoms with Crippen LogP contribution in [0.2, 0.25) is 0 Å². The third kappa shape index (κ3) is 4.00. The number of hydrogen-bond donors (Lipinski definition) is 2. The number of nitrogens with zero attached hydrogens (tertiary/aromatic N) is 4. The maximum atomic E-state index is 4.53. The number of imidazole rings is 1. The molecule has 0 aliphatic heterocycles. The first-order valence-corrected chi connectivity index (χ1v) is 9.05. The first kappa shape index (κ1) is 17.5. The largest absolute Gasteiger partial charge is 0.356 e. The van der Waals surface area contributed by atoms with Gasteiger partial charge in [-0.1, -0.05) is 19.4 Å². The Morgan fingerprint density at radius 3 is 2.64 bits per heavy atom. The molecule has 0 spiro atoms. The van der Waals surface area contributed by atoms with E-state index >= 15 is 0 Å². The fourth-order valence-electron chi connectivity index (χ4n) is 3.29. The standard InChI is InChI=1S/C19H28N6/c1-4-19(8-5-9-19)14-24-18(20-3)23-13-16-6-7-17(22-12-16)25-11-10-21-15(25)2/h6-7,10-12H,4-5,8-9,13-14H2,1-3H3,(H2,20,23,24). The highest BCUT2D eigenvalue weighted by molar-refractivity contribution is 5.79. The van der Waals surface area contributed by atoms with Crippen LogP contribution < -0.4 is 10.6 Å². The van der Waals surface area contributed by atoms with Crippen molar-refractivity contribution in [2.24, 2.45) is 10.4 Å². The van der Waals surface area contributed by atoms with Crippen molar-refractivity contribution < 1.29 is 0 Å². The molecule has 134 valence electrons. The van der Waals surface area contributed by atoms with Crippen LogP contribution in [0.4, 0.5) is 0 Å². The number of nitrogens with one attached hydrogen (secondary N) is 2. The molecule has 0 atom stereocenters. The number of aromatic nitrogens is 3. The van der Waals surface area contributed by atoms with Gasteiger partial charge in [-0.2, -0.15) is 0 Å². The molecule has 0 bridgehead atoms. The third-order valence-corrected chi connectivity index (χ3v) is 5.36. The Morgan fingerprint density at radius 1 is 1.28 bits per heavy atom. The van der Waals surface area contributed by atoms with Gasteiger partial charge in [0, 0.05) is 38.7 Å². The molecule has 1 fully saturated rings. The Balaban J connectivity index is 1.52. The average Bonchev–Trinajstić information content (AvgIpc) is 3.03. The van der Waals surface area contributed by atoms with Crippen LogP contribution in [-0.4, -0.2) is 34.1 Å². The molecular formula is C19H28N6. The monoisotopic (exact) mass is 340 g/mol. The molecule has 2 N–H and O–H groups in total. The van der Waals surface area contributed by atoms with Crippen molar-refractivity contribution in [1.82, 2.24) is 25.2 Å². The van der Waals surface area contributed by atoms with Crippen LogP contribution in [0.1, 0.15) is 44.0 Å². The number of aryl methyl sites for hydroxylation is 1. The van der Waals surface area contributed by atoms with Crippen molar-refractivity contribution in [2.45, 2.75) is 46.1 Å². The van der Waals surface area contributed by atoms with Gasteiger partial charge >= 0.3 is 0 Å². The first-order chi connectivity index (χ1) is 12.2. The van der Waals surface area contributed by atoms with Crippen molar-refractivity contribution in [1.29, 1.82) is 0 Å². The van der Waals surface area contributed by atoms with Crippen molar-refractivity contribution in [3.8, 4) is 5.82 Å². The topological polar surface area (TPSA) is 67.1 Å². The van der Waals surface area contributed by atoms with Crippen LogP contribution >= 0.6 is 0 Å². The fourth-order valence-corrected chi connectivity index (χ4v) is 3.29. The molecule has 2 aromatic rings. The first-order valence-electron chi connectivity index (χ1n) is 9.05. The van der Waals surface area contributed by atoms with Gasteiger partial charge in [-0.15, -0.1) is 0 Å². The summed E-state index contributed by atoms with van der Waals surface area (Å²) < 4.78 is 1.97. The summed E-state index contributed by atoms with van der Waals surface area (Å²) in [5, 5.41) is 6.86. The summed E-state index contributed by atoms with van der Waals surface area (Å²) in [6.45, 7) is 5.96. The van der Waals surface area contributed by atoms with E-state index in [2.05, 4.69) is 38.6 Å². The molecule has 0 amide bonds. The maximum absolute atomic E-state index is 4.53. The van der Waals surface area contributed by atoms with Gasteiger partial charge in [0.1, 0.15) is 11.6 Å². The summed E-state index contributed by atoms with van der Waals surface area (Å²) >= 11 is 0. The fraction of sp³-hybridized carbons (Fsp3) is 0.526. The Labute approximate surface area is 149 Å². The van der Waals surface area contributed by atoms with E-state index < -0.39 is 0 Å². The highest BCUT2D eigenvalue weighted by atomic mass is 15.2. The number of pyridine rings is 1. The quantitative estimate of drug-likeness (QED) is 0.627. The highest BCUT2D eigenvalue weighted by Crippen LogP contribution is 2.42. The second kappa shape index (κ2) is 7.68. The van der Waals surface area contributed by atoms with Gasteiger partial charge in [-0.3, -0.25) is 9.56 Å². The molecule has 0 aromatic carbocycles. The number of aliphatic imine (C=N–C) groups is 1. The van der Waals surface area contributed by atoms with E-state index in [9.17, 15) is 0 Å². The van der Waals surface area contributed by atoms with Gasteiger partial charge in [-0.25, -0.2) is 9.97 Å². The average molecular weight is 340 g/mol. The lowest BCUT2D eigenvalue weighted by Crippen LogP contribution is -2.46. The second-order valence-electron chi connectivity index (χ2n) is 6.86. The van der Waals surface area contributed by atoms with E-state index in [1.165, 1.54) is 25.7 Å². The molecule has 0 unspecified atom stereocenters.